The molecule has 4 heteroatoms. The molecule has 21 heavy (non-hydrogen) atoms. The van der Waals surface area contributed by atoms with Crippen molar-refractivity contribution in [3.8, 4) is 0 Å². The predicted octanol–water partition coefficient (Wildman–Crippen LogP) is 4.78. The summed E-state index contributed by atoms with van der Waals surface area (Å²) in [4.78, 5) is 1.37. The molecule has 0 fully saturated rings. The van der Waals surface area contributed by atoms with Gasteiger partial charge >= 0.3 is 0 Å². The fourth-order valence-corrected chi connectivity index (χ4v) is 4.61. The Bertz CT molecular complexity index is 606. The molecule has 0 saturated carbocycles. The second-order valence-corrected chi connectivity index (χ2v) is 7.89. The fraction of sp³-hybridized carbons (Fsp3) is 0.412. The highest BCUT2D eigenvalue weighted by atomic mass is 79.9. The van der Waals surface area contributed by atoms with E-state index in [1.807, 2.05) is 18.4 Å². The topological polar surface area (TPSA) is 21.3 Å². The van der Waals surface area contributed by atoms with Gasteiger partial charge in [-0.25, -0.2) is 0 Å². The van der Waals surface area contributed by atoms with Crippen molar-refractivity contribution in [2.24, 2.45) is 0 Å². The van der Waals surface area contributed by atoms with E-state index in [4.69, 9.17) is 4.74 Å². The molecule has 112 valence electrons. The molecule has 2 aromatic rings. The third kappa shape index (κ3) is 3.24. The lowest BCUT2D eigenvalue weighted by Crippen LogP contribution is -2.23. The standard InChI is InChI=1S/C17H20BrNOS/c1-11-9-16(21-17(11)18)14(19-2)10-15-13-6-4-3-5-12(13)7-8-20-15/h3-6,9,14-15,19H,7-8,10H2,1-2H3. The molecule has 2 nitrogen and oxygen atoms in total. The third-order valence-electron chi connectivity index (χ3n) is 4.11. The molecule has 3 rings (SSSR count). The first kappa shape index (κ1) is 15.2. The minimum Gasteiger partial charge on any atom is -0.373 e. The molecule has 0 aliphatic carbocycles. The Morgan fingerprint density at radius 1 is 1.43 bits per heavy atom. The quantitative estimate of drug-likeness (QED) is 0.841. The lowest BCUT2D eigenvalue weighted by atomic mass is 9.93. The van der Waals surface area contributed by atoms with E-state index in [2.05, 4.69) is 58.5 Å². The normalized spacial score (nSPS) is 19.3. The zero-order valence-electron chi connectivity index (χ0n) is 12.4. The summed E-state index contributed by atoms with van der Waals surface area (Å²) >= 11 is 5.44. The number of hydrogen-bond donors (Lipinski definition) is 1. The molecule has 0 saturated heterocycles. The number of halogens is 1. The zero-order valence-corrected chi connectivity index (χ0v) is 14.8. The van der Waals surface area contributed by atoms with Crippen molar-refractivity contribution in [1.82, 2.24) is 5.32 Å². The molecule has 0 bridgehead atoms. The van der Waals surface area contributed by atoms with Crippen LogP contribution in [0.1, 0.15) is 40.1 Å². The average molecular weight is 366 g/mol. The summed E-state index contributed by atoms with van der Waals surface area (Å²) < 4.78 is 7.27. The van der Waals surface area contributed by atoms with Crippen LogP contribution in [0.5, 0.6) is 0 Å². The molecule has 1 aliphatic heterocycles. The van der Waals surface area contributed by atoms with Crippen molar-refractivity contribution in [3.63, 3.8) is 0 Å². The molecule has 1 aliphatic rings. The van der Waals surface area contributed by atoms with Gasteiger partial charge in [0.25, 0.3) is 0 Å². The highest BCUT2D eigenvalue weighted by Crippen LogP contribution is 2.38. The second kappa shape index (κ2) is 6.61. The lowest BCUT2D eigenvalue weighted by Gasteiger charge is -2.29. The molecule has 1 N–H and O–H groups in total. The number of rotatable bonds is 4. The highest BCUT2D eigenvalue weighted by molar-refractivity contribution is 9.11. The predicted molar refractivity (Wildman–Crippen MR) is 92.0 cm³/mol. The van der Waals surface area contributed by atoms with Crippen LogP contribution in [0.2, 0.25) is 0 Å². The number of ether oxygens (including phenoxy) is 1. The zero-order chi connectivity index (χ0) is 14.8. The number of hydrogen-bond acceptors (Lipinski definition) is 3. The molecule has 0 amide bonds. The van der Waals surface area contributed by atoms with Crippen LogP contribution in [0.15, 0.2) is 34.1 Å². The molecule has 2 heterocycles. The van der Waals surface area contributed by atoms with Gasteiger partial charge in [-0.1, -0.05) is 24.3 Å². The number of benzene rings is 1. The van der Waals surface area contributed by atoms with Gasteiger partial charge in [-0.3, -0.25) is 0 Å². The van der Waals surface area contributed by atoms with Crippen molar-refractivity contribution in [2.75, 3.05) is 13.7 Å². The van der Waals surface area contributed by atoms with E-state index in [-0.39, 0.29) is 6.10 Å². The monoisotopic (exact) mass is 365 g/mol. The molecular weight excluding hydrogens is 346 g/mol. The minimum atomic E-state index is 0.189. The molecule has 2 atom stereocenters. The SMILES string of the molecule is CNC(CC1OCCc2ccccc21)c1cc(C)c(Br)s1. The van der Waals surface area contributed by atoms with Crippen LogP contribution in [-0.4, -0.2) is 13.7 Å². The van der Waals surface area contributed by atoms with Gasteiger partial charge < -0.3 is 10.1 Å². The summed E-state index contributed by atoms with van der Waals surface area (Å²) in [6, 6.07) is 11.3. The Morgan fingerprint density at radius 3 is 2.95 bits per heavy atom. The summed E-state index contributed by atoms with van der Waals surface area (Å²) in [6.07, 6.45) is 2.19. The third-order valence-corrected chi connectivity index (χ3v) is 6.36. The number of fused-ring (bicyclic) bond motifs is 1. The Balaban J connectivity index is 1.82. The molecule has 1 aromatic heterocycles. The van der Waals surface area contributed by atoms with Gasteiger partial charge in [0.05, 0.1) is 16.5 Å². The molecule has 0 radical (unpaired) electrons. The Kier molecular flexibility index (Phi) is 4.79. The summed E-state index contributed by atoms with van der Waals surface area (Å²) in [5.41, 5.74) is 4.10. The van der Waals surface area contributed by atoms with Gasteiger partial charge in [-0.05, 0) is 65.5 Å². The maximum atomic E-state index is 6.05. The Morgan fingerprint density at radius 2 is 2.24 bits per heavy atom. The van der Waals surface area contributed by atoms with E-state index in [0.717, 1.165) is 19.4 Å². The smallest absolute Gasteiger partial charge is 0.0846 e. The highest BCUT2D eigenvalue weighted by Gasteiger charge is 2.25. The first-order valence-corrected chi connectivity index (χ1v) is 8.92. The van der Waals surface area contributed by atoms with Crippen molar-refractivity contribution in [2.45, 2.75) is 31.9 Å². The fourth-order valence-electron chi connectivity index (χ4n) is 2.92. The lowest BCUT2D eigenvalue weighted by molar-refractivity contribution is 0.0301. The van der Waals surface area contributed by atoms with Gasteiger partial charge in [0.1, 0.15) is 0 Å². The van der Waals surface area contributed by atoms with E-state index >= 15 is 0 Å². The molecule has 0 spiro atoms. The van der Waals surface area contributed by atoms with Gasteiger partial charge in [0.2, 0.25) is 0 Å². The maximum Gasteiger partial charge on any atom is 0.0846 e. The van der Waals surface area contributed by atoms with Gasteiger partial charge in [-0.15, -0.1) is 11.3 Å². The van der Waals surface area contributed by atoms with Crippen LogP contribution < -0.4 is 5.32 Å². The minimum absolute atomic E-state index is 0.189. The van der Waals surface area contributed by atoms with Crippen molar-refractivity contribution < 1.29 is 4.74 Å². The number of aryl methyl sites for hydroxylation is 1. The first-order chi connectivity index (χ1) is 10.2. The van der Waals surface area contributed by atoms with Crippen LogP contribution in [0.3, 0.4) is 0 Å². The van der Waals surface area contributed by atoms with Gasteiger partial charge in [0, 0.05) is 10.9 Å². The van der Waals surface area contributed by atoms with Crippen molar-refractivity contribution in [1.29, 1.82) is 0 Å². The molecule has 1 aromatic carbocycles. The van der Waals surface area contributed by atoms with Crippen molar-refractivity contribution in [3.05, 3.63) is 55.7 Å². The van der Waals surface area contributed by atoms with Gasteiger partial charge in [-0.2, -0.15) is 0 Å². The van der Waals surface area contributed by atoms with Crippen LogP contribution in [0.4, 0.5) is 0 Å². The summed E-state index contributed by atoms with van der Waals surface area (Å²) in [5.74, 6) is 0. The van der Waals surface area contributed by atoms with Gasteiger partial charge in [0.15, 0.2) is 0 Å². The van der Waals surface area contributed by atoms with Crippen LogP contribution in [0.25, 0.3) is 0 Å². The van der Waals surface area contributed by atoms with E-state index in [1.54, 1.807) is 0 Å². The average Bonchev–Trinajstić information content (AvgIpc) is 2.84. The van der Waals surface area contributed by atoms with Crippen molar-refractivity contribution >= 4 is 27.3 Å². The first-order valence-electron chi connectivity index (χ1n) is 7.31. The largest absolute Gasteiger partial charge is 0.373 e. The summed E-state index contributed by atoms with van der Waals surface area (Å²) in [6.45, 7) is 2.97. The van der Waals surface area contributed by atoms with E-state index in [1.165, 1.54) is 25.4 Å². The van der Waals surface area contributed by atoms with Crippen LogP contribution in [0, 0.1) is 6.92 Å². The second-order valence-electron chi connectivity index (χ2n) is 5.49. The van der Waals surface area contributed by atoms with Crippen LogP contribution >= 0.6 is 27.3 Å². The molecule has 2 unspecified atom stereocenters. The maximum absolute atomic E-state index is 6.05. The van der Waals surface area contributed by atoms with E-state index in [9.17, 15) is 0 Å². The van der Waals surface area contributed by atoms with E-state index in [0.29, 0.717) is 6.04 Å². The Labute approximate surface area is 138 Å². The molecular formula is C17H20BrNOS. The van der Waals surface area contributed by atoms with E-state index < -0.39 is 0 Å². The number of nitrogens with one attached hydrogen (secondary N) is 1. The Hall–Kier alpha value is -0.680. The summed E-state index contributed by atoms with van der Waals surface area (Å²) in [7, 11) is 2.03. The van der Waals surface area contributed by atoms with Crippen LogP contribution in [-0.2, 0) is 11.2 Å². The summed E-state index contributed by atoms with van der Waals surface area (Å²) in [5, 5.41) is 3.45. The number of thiophene rings is 1.